The van der Waals surface area contributed by atoms with Crippen molar-refractivity contribution in [1.29, 1.82) is 0 Å². The molecule has 0 aliphatic heterocycles. The fraction of sp³-hybridized carbons (Fsp3) is 0.0476. The highest BCUT2D eigenvalue weighted by Gasteiger charge is 2.22. The second kappa shape index (κ2) is 4.88. The number of hydrogen-bond acceptors (Lipinski definition) is 4. The average molecular weight is 327 g/mol. The van der Waals surface area contributed by atoms with Gasteiger partial charge in [-0.2, -0.15) is 0 Å². The second-order valence-electron chi connectivity index (χ2n) is 6.26. The van der Waals surface area contributed by atoms with Gasteiger partial charge in [0.05, 0.1) is 11.0 Å². The molecule has 1 aliphatic rings. The third kappa shape index (κ3) is 1.92. The Morgan fingerprint density at radius 1 is 0.920 bits per heavy atom. The number of nitrogens with zero attached hydrogens (tertiary/aromatic N) is 1. The number of rotatable bonds is 0. The number of pyridine rings is 1. The van der Waals surface area contributed by atoms with E-state index >= 15 is 0 Å². The SMILES string of the molecule is O=C1C(O)=c2ccc3nc4c(ccc5ccccc54)cc3c2=C[C@H]1O. The van der Waals surface area contributed by atoms with E-state index in [0.29, 0.717) is 10.4 Å². The molecular formula is C21H13NO3. The molecule has 1 aromatic heterocycles. The largest absolute Gasteiger partial charge is 0.504 e. The van der Waals surface area contributed by atoms with Gasteiger partial charge in [0.1, 0.15) is 6.10 Å². The molecule has 3 aromatic carbocycles. The van der Waals surface area contributed by atoms with Crippen LogP contribution in [0.15, 0.2) is 54.6 Å². The lowest BCUT2D eigenvalue weighted by Gasteiger charge is -2.12. The minimum atomic E-state index is -1.33. The smallest absolute Gasteiger partial charge is 0.230 e. The van der Waals surface area contributed by atoms with Gasteiger partial charge >= 0.3 is 0 Å². The van der Waals surface area contributed by atoms with Gasteiger partial charge < -0.3 is 10.2 Å². The highest BCUT2D eigenvalue weighted by molar-refractivity contribution is 6.18. The Bertz CT molecular complexity index is 1340. The van der Waals surface area contributed by atoms with Crippen molar-refractivity contribution < 1.29 is 15.0 Å². The molecule has 0 unspecified atom stereocenters. The summed E-state index contributed by atoms with van der Waals surface area (Å²) in [4.78, 5) is 16.6. The lowest BCUT2D eigenvalue weighted by atomic mass is 9.98. The van der Waals surface area contributed by atoms with Crippen molar-refractivity contribution in [3.63, 3.8) is 0 Å². The first kappa shape index (κ1) is 14.1. The number of aliphatic hydroxyl groups is 2. The predicted octanol–water partition coefficient (Wildman–Crippen LogP) is 1.93. The second-order valence-corrected chi connectivity index (χ2v) is 6.26. The van der Waals surface area contributed by atoms with Crippen LogP contribution in [0, 0.1) is 0 Å². The Balaban J connectivity index is 1.99. The van der Waals surface area contributed by atoms with Crippen molar-refractivity contribution in [1.82, 2.24) is 4.98 Å². The highest BCUT2D eigenvalue weighted by atomic mass is 16.3. The van der Waals surface area contributed by atoms with E-state index in [4.69, 9.17) is 4.98 Å². The van der Waals surface area contributed by atoms with Gasteiger partial charge in [-0.05, 0) is 34.9 Å². The molecule has 0 bridgehead atoms. The van der Waals surface area contributed by atoms with Crippen molar-refractivity contribution in [2.24, 2.45) is 0 Å². The van der Waals surface area contributed by atoms with Crippen molar-refractivity contribution in [3.8, 4) is 0 Å². The Morgan fingerprint density at radius 3 is 2.60 bits per heavy atom. The van der Waals surface area contributed by atoms with Crippen molar-refractivity contribution in [3.05, 3.63) is 65.0 Å². The van der Waals surface area contributed by atoms with E-state index < -0.39 is 17.6 Å². The zero-order valence-electron chi connectivity index (χ0n) is 13.1. The maximum Gasteiger partial charge on any atom is 0.230 e. The first-order valence-corrected chi connectivity index (χ1v) is 8.02. The maximum absolute atomic E-state index is 11.8. The molecule has 4 nitrogen and oxygen atoms in total. The molecule has 120 valence electrons. The van der Waals surface area contributed by atoms with Crippen LogP contribution >= 0.6 is 0 Å². The number of aromatic nitrogens is 1. The molecule has 4 heteroatoms. The van der Waals surface area contributed by atoms with E-state index in [1.165, 1.54) is 6.08 Å². The minimum Gasteiger partial charge on any atom is -0.504 e. The van der Waals surface area contributed by atoms with Crippen LogP contribution in [0.3, 0.4) is 0 Å². The van der Waals surface area contributed by atoms with Crippen LogP contribution in [0.2, 0.25) is 0 Å². The fourth-order valence-electron chi connectivity index (χ4n) is 3.56. The van der Waals surface area contributed by atoms with Gasteiger partial charge in [-0.1, -0.05) is 36.4 Å². The summed E-state index contributed by atoms with van der Waals surface area (Å²) in [5, 5.41) is 25.0. The molecule has 0 saturated carbocycles. The molecule has 0 saturated heterocycles. The first-order chi connectivity index (χ1) is 12.1. The summed E-state index contributed by atoms with van der Waals surface area (Å²) < 4.78 is 0. The van der Waals surface area contributed by atoms with Crippen LogP contribution < -0.4 is 10.4 Å². The summed E-state index contributed by atoms with van der Waals surface area (Å²) in [6.45, 7) is 0. The zero-order valence-corrected chi connectivity index (χ0v) is 13.1. The molecule has 0 amide bonds. The molecule has 4 aromatic rings. The molecule has 2 N–H and O–H groups in total. The Kier molecular flexibility index (Phi) is 2.76. The van der Waals surface area contributed by atoms with Crippen molar-refractivity contribution >= 4 is 50.2 Å². The molecule has 0 radical (unpaired) electrons. The summed E-state index contributed by atoms with van der Waals surface area (Å²) in [6, 6.07) is 17.6. The predicted molar refractivity (Wildman–Crippen MR) is 97.5 cm³/mol. The van der Waals surface area contributed by atoms with Crippen LogP contribution in [0.4, 0.5) is 0 Å². The van der Waals surface area contributed by atoms with Crippen LogP contribution in [0.5, 0.6) is 0 Å². The summed E-state index contributed by atoms with van der Waals surface area (Å²) >= 11 is 0. The van der Waals surface area contributed by atoms with Gasteiger partial charge in [-0.15, -0.1) is 0 Å². The van der Waals surface area contributed by atoms with Crippen LogP contribution in [-0.2, 0) is 4.79 Å². The molecule has 1 atom stereocenters. The van der Waals surface area contributed by atoms with E-state index in [9.17, 15) is 15.0 Å². The summed E-state index contributed by atoms with van der Waals surface area (Å²) in [5.41, 5.74) is 1.67. The minimum absolute atomic E-state index is 0.398. The molecular weight excluding hydrogens is 314 g/mol. The molecule has 1 aliphatic carbocycles. The number of aliphatic hydroxyl groups excluding tert-OH is 2. The summed E-state index contributed by atoms with van der Waals surface area (Å²) in [7, 11) is 0. The van der Waals surface area contributed by atoms with Gasteiger partial charge in [-0.3, -0.25) is 4.79 Å². The number of fused-ring (bicyclic) bond motifs is 6. The number of hydrogen-bond donors (Lipinski definition) is 2. The summed E-state index contributed by atoms with van der Waals surface area (Å²) in [6.07, 6.45) is 0.152. The summed E-state index contributed by atoms with van der Waals surface area (Å²) in [5.74, 6) is -1.07. The van der Waals surface area contributed by atoms with Gasteiger partial charge in [0.25, 0.3) is 0 Å². The molecule has 25 heavy (non-hydrogen) atoms. The van der Waals surface area contributed by atoms with E-state index in [0.717, 1.165) is 32.6 Å². The van der Waals surface area contributed by atoms with E-state index in [1.807, 2.05) is 36.4 Å². The molecule has 0 spiro atoms. The maximum atomic E-state index is 11.8. The van der Waals surface area contributed by atoms with Gasteiger partial charge in [0, 0.05) is 21.4 Å². The highest BCUT2D eigenvalue weighted by Crippen LogP contribution is 2.25. The Labute approximate surface area is 142 Å². The number of ketones is 1. The Morgan fingerprint density at radius 2 is 1.72 bits per heavy atom. The number of Topliss-reactive ketones (excluding diaryl/α,β-unsaturated/α-hetero) is 1. The van der Waals surface area contributed by atoms with E-state index in [-0.39, 0.29) is 0 Å². The molecule has 0 fully saturated rings. The average Bonchev–Trinajstić information content (AvgIpc) is 2.64. The van der Waals surface area contributed by atoms with Gasteiger partial charge in [0.15, 0.2) is 5.76 Å². The van der Waals surface area contributed by atoms with Crippen molar-refractivity contribution in [2.45, 2.75) is 6.10 Å². The lowest BCUT2D eigenvalue weighted by Crippen LogP contribution is -2.39. The first-order valence-electron chi connectivity index (χ1n) is 8.02. The number of benzene rings is 3. The van der Waals surface area contributed by atoms with E-state index in [2.05, 4.69) is 6.07 Å². The van der Waals surface area contributed by atoms with Crippen molar-refractivity contribution in [2.75, 3.05) is 0 Å². The molecule has 1 heterocycles. The third-order valence-corrected chi connectivity index (χ3v) is 4.81. The number of carbonyl (C=O) groups is 1. The fourth-order valence-corrected chi connectivity index (χ4v) is 3.56. The normalized spacial score (nSPS) is 17.1. The lowest BCUT2D eigenvalue weighted by molar-refractivity contribution is -0.120. The number of carbonyl (C=O) groups excluding carboxylic acids is 1. The monoisotopic (exact) mass is 327 g/mol. The quantitative estimate of drug-likeness (QED) is 0.382. The van der Waals surface area contributed by atoms with E-state index in [1.54, 1.807) is 12.1 Å². The third-order valence-electron chi connectivity index (χ3n) is 4.81. The van der Waals surface area contributed by atoms with Crippen LogP contribution in [-0.4, -0.2) is 27.1 Å². The Hall–Kier alpha value is -3.24. The van der Waals surface area contributed by atoms with Gasteiger partial charge in [0.2, 0.25) is 5.78 Å². The zero-order chi connectivity index (χ0) is 17.1. The van der Waals surface area contributed by atoms with Crippen LogP contribution in [0.1, 0.15) is 0 Å². The molecule has 5 rings (SSSR count). The standard InChI is InChI=1S/C21H13NO3/c23-18-10-15-14(20(24)21(18)25)7-8-17-16(15)9-12-6-5-11-3-1-2-4-13(11)19(12)22-17/h1-10,18,23-24H/t18-/m1/s1. The topological polar surface area (TPSA) is 70.4 Å². The van der Waals surface area contributed by atoms with Crippen LogP contribution in [0.25, 0.3) is 44.4 Å². The van der Waals surface area contributed by atoms with Gasteiger partial charge in [-0.25, -0.2) is 4.98 Å².